The third-order valence-corrected chi connectivity index (χ3v) is 6.76. The Balaban J connectivity index is 1.76. The topological polar surface area (TPSA) is 69.6 Å². The maximum Gasteiger partial charge on any atom is 0.250 e. The summed E-state index contributed by atoms with van der Waals surface area (Å²) in [4.78, 5) is 2.20. The molecule has 1 aliphatic rings. The molecule has 1 aliphatic heterocycles. The maximum absolute atomic E-state index is 12.2. The summed E-state index contributed by atoms with van der Waals surface area (Å²) in [6.07, 6.45) is 4.58. The zero-order valence-electron chi connectivity index (χ0n) is 12.6. The molecule has 1 saturated heterocycles. The third-order valence-electron chi connectivity index (χ3n) is 3.84. The molecule has 0 radical (unpaired) electrons. The van der Waals surface area contributed by atoms with Gasteiger partial charge in [0.2, 0.25) is 10.0 Å². The van der Waals surface area contributed by atoms with Crippen molar-refractivity contribution in [3.05, 3.63) is 30.2 Å². The second-order valence-corrected chi connectivity index (χ2v) is 8.54. The van der Waals surface area contributed by atoms with E-state index in [1.165, 1.54) is 11.3 Å². The molecule has 2 rings (SSSR count). The van der Waals surface area contributed by atoms with Crippen LogP contribution < -0.4 is 4.72 Å². The van der Waals surface area contributed by atoms with Crippen molar-refractivity contribution >= 4 is 21.4 Å². The fraction of sp³-hybridized carbons (Fsp3) is 0.600. The summed E-state index contributed by atoms with van der Waals surface area (Å²) in [6.45, 7) is 5.92. The van der Waals surface area contributed by atoms with E-state index < -0.39 is 10.0 Å². The average molecular weight is 345 g/mol. The number of likely N-dealkylation sites (tertiary alicyclic amines) is 1. The van der Waals surface area contributed by atoms with Gasteiger partial charge in [0.05, 0.1) is 6.10 Å². The first-order chi connectivity index (χ1) is 10.5. The molecule has 1 aromatic heterocycles. The van der Waals surface area contributed by atoms with Crippen LogP contribution in [0.3, 0.4) is 0 Å². The van der Waals surface area contributed by atoms with E-state index in [0.717, 1.165) is 38.8 Å². The fourth-order valence-corrected chi connectivity index (χ4v) is 4.94. The highest BCUT2D eigenvalue weighted by Crippen LogP contribution is 2.19. The van der Waals surface area contributed by atoms with Gasteiger partial charge in [0, 0.05) is 12.6 Å². The van der Waals surface area contributed by atoms with Crippen molar-refractivity contribution in [3.63, 3.8) is 0 Å². The lowest BCUT2D eigenvalue weighted by molar-refractivity contribution is 0.0909. The molecule has 5 nitrogen and oxygen atoms in total. The first-order valence-electron chi connectivity index (χ1n) is 7.58. The minimum atomic E-state index is -3.38. The van der Waals surface area contributed by atoms with E-state index in [2.05, 4.69) is 16.2 Å². The van der Waals surface area contributed by atoms with Crippen molar-refractivity contribution in [2.75, 3.05) is 19.6 Å². The van der Waals surface area contributed by atoms with Gasteiger partial charge in [-0.25, -0.2) is 13.1 Å². The van der Waals surface area contributed by atoms with Gasteiger partial charge >= 0.3 is 0 Å². The first kappa shape index (κ1) is 17.6. The van der Waals surface area contributed by atoms with Crippen LogP contribution in [0.25, 0.3) is 0 Å². The molecule has 0 saturated carbocycles. The number of nitrogens with zero attached hydrogens (tertiary/aromatic N) is 1. The van der Waals surface area contributed by atoms with E-state index in [1.807, 2.05) is 6.08 Å². The van der Waals surface area contributed by atoms with E-state index in [4.69, 9.17) is 0 Å². The number of hydrogen-bond acceptors (Lipinski definition) is 5. The zero-order valence-corrected chi connectivity index (χ0v) is 14.3. The maximum atomic E-state index is 12.2. The molecule has 0 bridgehead atoms. The number of allylic oxidation sites excluding steroid dienone is 1. The number of piperidine rings is 1. The highest BCUT2D eigenvalue weighted by atomic mass is 32.2. The number of β-amino-alcohol motifs (C(OH)–C–C–N with tert-alkyl or cyclic N) is 1. The summed E-state index contributed by atoms with van der Waals surface area (Å²) in [7, 11) is -3.38. The van der Waals surface area contributed by atoms with Crippen molar-refractivity contribution < 1.29 is 13.5 Å². The summed E-state index contributed by atoms with van der Waals surface area (Å²) in [5.41, 5.74) is 0. The molecule has 1 unspecified atom stereocenters. The number of nitrogens with one attached hydrogen (secondary N) is 1. The number of thiophene rings is 1. The molecule has 124 valence electrons. The van der Waals surface area contributed by atoms with Gasteiger partial charge in [0.15, 0.2) is 0 Å². The van der Waals surface area contributed by atoms with Crippen LogP contribution >= 0.6 is 11.3 Å². The Bertz CT molecular complexity index is 549. The molecule has 0 aromatic carbocycles. The number of aliphatic hydroxyl groups is 1. The Morgan fingerprint density at radius 2 is 2.23 bits per heavy atom. The van der Waals surface area contributed by atoms with E-state index in [1.54, 1.807) is 17.5 Å². The van der Waals surface area contributed by atoms with Gasteiger partial charge < -0.3 is 10.0 Å². The molecule has 1 atom stereocenters. The highest BCUT2D eigenvalue weighted by Gasteiger charge is 2.25. The van der Waals surface area contributed by atoms with Crippen LogP contribution in [0.5, 0.6) is 0 Å². The average Bonchev–Trinajstić information content (AvgIpc) is 3.02. The van der Waals surface area contributed by atoms with Crippen LogP contribution in [0.15, 0.2) is 34.4 Å². The van der Waals surface area contributed by atoms with Gasteiger partial charge in [0.25, 0.3) is 0 Å². The predicted molar refractivity (Wildman–Crippen MR) is 89.5 cm³/mol. The lowest BCUT2D eigenvalue weighted by atomic mass is 10.1. The van der Waals surface area contributed by atoms with Gasteiger partial charge in [-0.2, -0.15) is 0 Å². The first-order valence-corrected chi connectivity index (χ1v) is 9.94. The van der Waals surface area contributed by atoms with E-state index >= 15 is 0 Å². The van der Waals surface area contributed by atoms with Gasteiger partial charge in [-0.3, -0.25) is 0 Å². The highest BCUT2D eigenvalue weighted by molar-refractivity contribution is 7.91. The van der Waals surface area contributed by atoms with Crippen LogP contribution in [0.2, 0.25) is 0 Å². The van der Waals surface area contributed by atoms with E-state index in [-0.39, 0.29) is 12.1 Å². The standard InChI is InChI=1S/C15H24N2O3S2/c1-2-3-5-14(18)12-17-9-7-13(8-10-17)16-22(19,20)15-6-4-11-21-15/h2,4,6,11,13-14,16,18H,1,3,5,7-10,12H2. The molecular weight excluding hydrogens is 320 g/mol. The molecule has 1 fully saturated rings. The Labute approximate surface area is 136 Å². The fourth-order valence-electron chi connectivity index (χ4n) is 2.63. The number of hydrogen-bond donors (Lipinski definition) is 2. The van der Waals surface area contributed by atoms with Gasteiger partial charge in [-0.1, -0.05) is 12.1 Å². The lowest BCUT2D eigenvalue weighted by Crippen LogP contribution is -2.46. The minimum absolute atomic E-state index is 0.0198. The lowest BCUT2D eigenvalue weighted by Gasteiger charge is -2.33. The van der Waals surface area contributed by atoms with Gasteiger partial charge in [0.1, 0.15) is 4.21 Å². The van der Waals surface area contributed by atoms with Crippen molar-refractivity contribution in [2.24, 2.45) is 0 Å². The Hall–Kier alpha value is -0.730. The van der Waals surface area contributed by atoms with Crippen LogP contribution in [-0.2, 0) is 10.0 Å². The zero-order chi connectivity index (χ0) is 16.0. The molecular formula is C15H24N2O3S2. The Kier molecular flexibility index (Phi) is 6.58. The van der Waals surface area contributed by atoms with Crippen LogP contribution in [0.1, 0.15) is 25.7 Å². The Morgan fingerprint density at radius 1 is 1.50 bits per heavy atom. The summed E-state index contributed by atoms with van der Waals surface area (Å²) in [5.74, 6) is 0. The molecule has 1 aromatic rings. The second-order valence-electron chi connectivity index (χ2n) is 5.65. The van der Waals surface area contributed by atoms with Gasteiger partial charge in [-0.05, 0) is 50.2 Å². The van der Waals surface area contributed by atoms with Crippen LogP contribution in [0, 0.1) is 0 Å². The summed E-state index contributed by atoms with van der Waals surface area (Å²) >= 11 is 1.23. The summed E-state index contributed by atoms with van der Waals surface area (Å²) < 4.78 is 27.5. The van der Waals surface area contributed by atoms with E-state index in [9.17, 15) is 13.5 Å². The normalized spacial score (nSPS) is 19.1. The molecule has 2 heterocycles. The second kappa shape index (κ2) is 8.21. The van der Waals surface area contributed by atoms with Gasteiger partial charge in [-0.15, -0.1) is 17.9 Å². The number of sulfonamides is 1. The largest absolute Gasteiger partial charge is 0.392 e. The van der Waals surface area contributed by atoms with Crippen LogP contribution in [0.4, 0.5) is 0 Å². The third kappa shape index (κ3) is 5.17. The number of rotatable bonds is 8. The van der Waals surface area contributed by atoms with Crippen LogP contribution in [-0.4, -0.2) is 50.2 Å². The molecule has 0 spiro atoms. The van der Waals surface area contributed by atoms with Crippen molar-refractivity contribution in [1.82, 2.24) is 9.62 Å². The van der Waals surface area contributed by atoms with Crippen molar-refractivity contribution in [1.29, 1.82) is 0 Å². The molecule has 22 heavy (non-hydrogen) atoms. The van der Waals surface area contributed by atoms with Crippen molar-refractivity contribution in [2.45, 2.75) is 42.0 Å². The molecule has 0 amide bonds. The Morgan fingerprint density at radius 3 is 2.82 bits per heavy atom. The SMILES string of the molecule is C=CCCC(O)CN1CCC(NS(=O)(=O)c2cccs2)CC1. The summed E-state index contributed by atoms with van der Waals surface area (Å²) in [5, 5.41) is 11.7. The van der Waals surface area contributed by atoms with Crippen molar-refractivity contribution in [3.8, 4) is 0 Å². The predicted octanol–water partition coefficient (Wildman–Crippen LogP) is 1.82. The molecule has 0 aliphatic carbocycles. The van der Waals surface area contributed by atoms with E-state index in [0.29, 0.717) is 10.8 Å². The smallest absolute Gasteiger partial charge is 0.250 e. The molecule has 2 N–H and O–H groups in total. The quantitative estimate of drug-likeness (QED) is 0.706. The minimum Gasteiger partial charge on any atom is -0.392 e. The number of aliphatic hydroxyl groups excluding tert-OH is 1. The monoisotopic (exact) mass is 344 g/mol. The summed E-state index contributed by atoms with van der Waals surface area (Å²) in [6, 6.07) is 3.35. The molecule has 7 heteroatoms.